The van der Waals surface area contributed by atoms with Crippen molar-refractivity contribution in [3.05, 3.63) is 72.2 Å². The number of nitrogens with one attached hydrogen (secondary N) is 1. The number of aromatic nitrogens is 3. The maximum atomic E-state index is 12.2. The molecule has 0 atom stereocenters. The van der Waals surface area contributed by atoms with E-state index < -0.39 is 0 Å². The van der Waals surface area contributed by atoms with E-state index in [1.54, 1.807) is 41.2 Å². The van der Waals surface area contributed by atoms with Gasteiger partial charge in [-0.25, -0.2) is 0 Å². The van der Waals surface area contributed by atoms with Gasteiger partial charge in [-0.1, -0.05) is 6.07 Å². The summed E-state index contributed by atoms with van der Waals surface area (Å²) >= 11 is 0. The van der Waals surface area contributed by atoms with E-state index in [2.05, 4.69) is 15.4 Å². The van der Waals surface area contributed by atoms with Crippen LogP contribution in [0.2, 0.25) is 0 Å². The van der Waals surface area contributed by atoms with Gasteiger partial charge in [0, 0.05) is 24.0 Å². The normalized spacial score (nSPS) is 10.4. The van der Waals surface area contributed by atoms with E-state index in [4.69, 9.17) is 4.74 Å². The number of pyridine rings is 1. The van der Waals surface area contributed by atoms with Crippen LogP contribution in [0.4, 0.5) is 5.82 Å². The molecular weight excluding hydrogens is 304 g/mol. The zero-order valence-corrected chi connectivity index (χ0v) is 13.3. The second-order valence-corrected chi connectivity index (χ2v) is 5.13. The molecule has 2 heterocycles. The van der Waals surface area contributed by atoms with Crippen molar-refractivity contribution >= 4 is 11.7 Å². The highest BCUT2D eigenvalue weighted by Crippen LogP contribution is 2.13. The Kier molecular flexibility index (Phi) is 4.86. The molecule has 0 saturated carbocycles. The lowest BCUT2D eigenvalue weighted by molar-refractivity contribution is 0.102. The largest absolute Gasteiger partial charge is 0.494 e. The number of anilines is 1. The smallest absolute Gasteiger partial charge is 0.256 e. The molecule has 0 unspecified atom stereocenters. The molecule has 24 heavy (non-hydrogen) atoms. The molecule has 6 heteroatoms. The number of ether oxygens (including phenoxy) is 1. The van der Waals surface area contributed by atoms with Gasteiger partial charge in [0.15, 0.2) is 5.82 Å². The molecule has 1 N–H and O–H groups in total. The van der Waals surface area contributed by atoms with E-state index in [1.165, 1.54) is 0 Å². The van der Waals surface area contributed by atoms with Gasteiger partial charge in [-0.3, -0.25) is 14.5 Å². The van der Waals surface area contributed by atoms with Gasteiger partial charge < -0.3 is 10.1 Å². The Morgan fingerprint density at radius 1 is 1.17 bits per heavy atom. The molecule has 0 fully saturated rings. The van der Waals surface area contributed by atoms with Crippen molar-refractivity contribution in [2.24, 2.45) is 0 Å². The van der Waals surface area contributed by atoms with Gasteiger partial charge in [-0.05, 0) is 43.3 Å². The van der Waals surface area contributed by atoms with E-state index in [-0.39, 0.29) is 5.91 Å². The standard InChI is InChI=1S/C18H18N4O2/c1-2-24-16-8-6-14(7-9-16)18(23)20-17-10-12-22(21-17)13-15-5-3-4-11-19-15/h3-12H,2,13H2,1H3,(H,20,21,23). The fourth-order valence-corrected chi connectivity index (χ4v) is 2.23. The first kappa shape index (κ1) is 15.7. The molecular formula is C18H18N4O2. The highest BCUT2D eigenvalue weighted by Gasteiger charge is 2.08. The Morgan fingerprint density at radius 2 is 2.00 bits per heavy atom. The third-order valence-corrected chi connectivity index (χ3v) is 3.36. The molecule has 3 aromatic rings. The van der Waals surface area contributed by atoms with Crippen LogP contribution in [0.1, 0.15) is 23.0 Å². The van der Waals surface area contributed by atoms with Crippen molar-refractivity contribution in [2.75, 3.05) is 11.9 Å². The zero-order chi connectivity index (χ0) is 16.8. The van der Waals surface area contributed by atoms with Gasteiger partial charge in [0.05, 0.1) is 18.8 Å². The topological polar surface area (TPSA) is 69.0 Å². The zero-order valence-electron chi connectivity index (χ0n) is 13.3. The second kappa shape index (κ2) is 7.41. The van der Waals surface area contributed by atoms with Crippen molar-refractivity contribution in [3.8, 4) is 5.75 Å². The number of carbonyl (C=O) groups excluding carboxylic acids is 1. The van der Waals surface area contributed by atoms with Crippen LogP contribution in [0.3, 0.4) is 0 Å². The minimum atomic E-state index is -0.207. The number of hydrogen-bond acceptors (Lipinski definition) is 4. The first-order valence-corrected chi connectivity index (χ1v) is 7.72. The molecule has 1 aromatic carbocycles. The number of nitrogens with zero attached hydrogens (tertiary/aromatic N) is 3. The Bertz CT molecular complexity index is 797. The van der Waals surface area contributed by atoms with Crippen LogP contribution < -0.4 is 10.1 Å². The third-order valence-electron chi connectivity index (χ3n) is 3.36. The van der Waals surface area contributed by atoms with Crippen LogP contribution in [-0.4, -0.2) is 27.3 Å². The molecule has 6 nitrogen and oxygen atoms in total. The summed E-state index contributed by atoms with van der Waals surface area (Å²) in [6.45, 7) is 3.07. The third kappa shape index (κ3) is 3.98. The Labute approximate surface area is 140 Å². The predicted molar refractivity (Wildman–Crippen MR) is 91.1 cm³/mol. The first-order valence-electron chi connectivity index (χ1n) is 7.72. The first-order chi connectivity index (χ1) is 11.7. The van der Waals surface area contributed by atoms with Crippen molar-refractivity contribution in [3.63, 3.8) is 0 Å². The van der Waals surface area contributed by atoms with Crippen molar-refractivity contribution in [1.29, 1.82) is 0 Å². The van der Waals surface area contributed by atoms with Crippen LogP contribution >= 0.6 is 0 Å². The lowest BCUT2D eigenvalue weighted by Crippen LogP contribution is -2.13. The molecule has 122 valence electrons. The Balaban J connectivity index is 1.62. The van der Waals surface area contributed by atoms with Gasteiger partial charge in [0.2, 0.25) is 0 Å². The minimum absolute atomic E-state index is 0.207. The maximum Gasteiger partial charge on any atom is 0.256 e. The summed E-state index contributed by atoms with van der Waals surface area (Å²) in [6.07, 6.45) is 3.55. The van der Waals surface area contributed by atoms with Crippen molar-refractivity contribution in [1.82, 2.24) is 14.8 Å². The Hall–Kier alpha value is -3.15. The average Bonchev–Trinajstić information content (AvgIpc) is 3.03. The van der Waals surface area contributed by atoms with E-state index in [0.29, 0.717) is 24.5 Å². The Morgan fingerprint density at radius 3 is 2.71 bits per heavy atom. The molecule has 0 aliphatic carbocycles. The monoisotopic (exact) mass is 322 g/mol. The van der Waals surface area contributed by atoms with Gasteiger partial charge >= 0.3 is 0 Å². The van der Waals surface area contributed by atoms with E-state index in [9.17, 15) is 4.79 Å². The van der Waals surface area contributed by atoms with E-state index in [1.807, 2.05) is 31.3 Å². The van der Waals surface area contributed by atoms with Crippen molar-refractivity contribution < 1.29 is 9.53 Å². The molecule has 0 radical (unpaired) electrons. The number of hydrogen-bond donors (Lipinski definition) is 1. The maximum absolute atomic E-state index is 12.2. The molecule has 2 aromatic heterocycles. The fourth-order valence-electron chi connectivity index (χ4n) is 2.23. The summed E-state index contributed by atoms with van der Waals surface area (Å²) in [4.78, 5) is 16.5. The SMILES string of the molecule is CCOc1ccc(C(=O)Nc2ccn(Cc3ccccn3)n2)cc1. The van der Waals surface area contributed by atoms with E-state index >= 15 is 0 Å². The molecule has 0 aliphatic heterocycles. The molecule has 0 spiro atoms. The van der Waals surface area contributed by atoms with Gasteiger partial charge in [-0.15, -0.1) is 0 Å². The molecule has 3 rings (SSSR count). The summed E-state index contributed by atoms with van der Waals surface area (Å²) in [7, 11) is 0. The molecule has 0 saturated heterocycles. The van der Waals surface area contributed by atoms with Crippen LogP contribution in [-0.2, 0) is 6.54 Å². The van der Waals surface area contributed by atoms with Gasteiger partial charge in [0.25, 0.3) is 5.91 Å². The highest BCUT2D eigenvalue weighted by atomic mass is 16.5. The van der Waals surface area contributed by atoms with Gasteiger partial charge in [0.1, 0.15) is 5.75 Å². The summed E-state index contributed by atoms with van der Waals surface area (Å²) < 4.78 is 7.10. The van der Waals surface area contributed by atoms with Crippen LogP contribution in [0.25, 0.3) is 0 Å². The molecule has 1 amide bonds. The van der Waals surface area contributed by atoms with Crippen LogP contribution in [0.15, 0.2) is 60.9 Å². The lowest BCUT2D eigenvalue weighted by atomic mass is 10.2. The van der Waals surface area contributed by atoms with Gasteiger partial charge in [-0.2, -0.15) is 5.10 Å². The molecule has 0 aliphatic rings. The number of rotatable bonds is 6. The minimum Gasteiger partial charge on any atom is -0.494 e. The number of amides is 1. The lowest BCUT2D eigenvalue weighted by Gasteiger charge is -2.05. The quantitative estimate of drug-likeness (QED) is 0.757. The van der Waals surface area contributed by atoms with Crippen molar-refractivity contribution in [2.45, 2.75) is 13.5 Å². The predicted octanol–water partition coefficient (Wildman–Crippen LogP) is 2.98. The van der Waals surface area contributed by atoms with Crippen LogP contribution in [0.5, 0.6) is 5.75 Å². The number of benzene rings is 1. The summed E-state index contributed by atoms with van der Waals surface area (Å²) in [5.74, 6) is 1.04. The average molecular weight is 322 g/mol. The highest BCUT2D eigenvalue weighted by molar-refractivity contribution is 6.03. The van der Waals surface area contributed by atoms with Crippen LogP contribution in [0, 0.1) is 0 Å². The second-order valence-electron chi connectivity index (χ2n) is 5.13. The summed E-state index contributed by atoms with van der Waals surface area (Å²) in [6, 6.07) is 14.5. The number of carbonyl (C=O) groups is 1. The summed E-state index contributed by atoms with van der Waals surface area (Å²) in [5, 5.41) is 7.12. The fraction of sp³-hybridized carbons (Fsp3) is 0.167. The van der Waals surface area contributed by atoms with E-state index in [0.717, 1.165) is 11.4 Å². The molecule has 0 bridgehead atoms. The summed E-state index contributed by atoms with van der Waals surface area (Å²) in [5.41, 5.74) is 1.46.